The first-order valence-corrected chi connectivity index (χ1v) is 15.4. The molecule has 0 fully saturated rings. The predicted molar refractivity (Wildman–Crippen MR) is 145 cm³/mol. The van der Waals surface area contributed by atoms with Gasteiger partial charge in [0, 0.05) is 0 Å². The first kappa shape index (κ1) is 28.3. The van der Waals surface area contributed by atoms with Gasteiger partial charge in [-0.05, 0) is 0 Å². The second-order valence-corrected chi connectivity index (χ2v) is 15.8. The minimum absolute atomic E-state index is 0.0587. The van der Waals surface area contributed by atoms with Crippen LogP contribution in [0.25, 0.3) is 0 Å². The average Bonchev–Trinajstić information content (AvgIpc) is 2.65. The summed E-state index contributed by atoms with van der Waals surface area (Å²) >= 11 is 68.8. The van der Waals surface area contributed by atoms with Crippen molar-refractivity contribution >= 4 is 133 Å². The van der Waals surface area contributed by atoms with Gasteiger partial charge in [-0.2, -0.15) is 0 Å². The summed E-state index contributed by atoms with van der Waals surface area (Å²) in [5.74, 6) is -6.05. The second kappa shape index (κ2) is 10.6. The molecule has 0 aliphatic carbocycles. The summed E-state index contributed by atoms with van der Waals surface area (Å²) in [6.07, 6.45) is 0. The summed E-state index contributed by atoms with van der Waals surface area (Å²) in [7, 11) is 0. The van der Waals surface area contributed by atoms with E-state index >= 15 is 0 Å². The second-order valence-electron chi connectivity index (χ2n) is 6.07. The number of rotatable bonds is 6. The van der Waals surface area contributed by atoms with Gasteiger partial charge in [-0.3, -0.25) is 0 Å². The van der Waals surface area contributed by atoms with E-state index in [-0.39, 0.29) is 62.5 Å². The van der Waals surface area contributed by atoms with Crippen LogP contribution in [0.2, 0.25) is 45.2 Å². The number of benzene rings is 3. The van der Waals surface area contributed by atoms with E-state index in [9.17, 15) is 0 Å². The quantitative estimate of drug-likeness (QED) is 0.241. The van der Waals surface area contributed by atoms with Crippen molar-refractivity contribution in [1.82, 2.24) is 0 Å². The summed E-state index contributed by atoms with van der Waals surface area (Å²) in [5.41, 5.74) is 0. The monoisotopic (exact) mass is 686 g/mol. The van der Waals surface area contributed by atoms with Gasteiger partial charge in [0.05, 0.1) is 0 Å². The summed E-state index contributed by atoms with van der Waals surface area (Å²) < 4.78 is 17.4. The zero-order valence-corrected chi connectivity index (χ0v) is 24.5. The topological polar surface area (TPSA) is 27.7 Å². The van der Waals surface area contributed by atoms with Gasteiger partial charge in [0.1, 0.15) is 0 Å². The normalized spacial score (nSPS) is 12.8. The van der Waals surface area contributed by atoms with Gasteiger partial charge in [-0.25, -0.2) is 0 Å². The van der Waals surface area contributed by atoms with E-state index in [4.69, 9.17) is 140 Å². The molecule has 0 N–H and O–H groups in total. The molecule has 0 radical (unpaired) electrons. The van der Waals surface area contributed by atoms with E-state index in [2.05, 4.69) is 0 Å². The zero-order chi connectivity index (χ0) is 24.7. The van der Waals surface area contributed by atoms with Gasteiger partial charge < -0.3 is 0 Å². The van der Waals surface area contributed by atoms with Crippen molar-refractivity contribution in [3.63, 3.8) is 0 Å². The summed E-state index contributed by atoms with van der Waals surface area (Å²) in [5, 5.41) is 0.304. The molecule has 0 aromatic heterocycles. The molecule has 0 heterocycles. The van der Waals surface area contributed by atoms with Gasteiger partial charge in [0.15, 0.2) is 0 Å². The van der Waals surface area contributed by atoms with Crippen LogP contribution in [-0.4, -0.2) is 0 Å². The van der Waals surface area contributed by atoms with Gasteiger partial charge in [0.25, 0.3) is 0 Å². The van der Waals surface area contributed by atoms with Crippen molar-refractivity contribution in [1.29, 1.82) is 0 Å². The zero-order valence-electron chi connectivity index (χ0n) is 15.3. The van der Waals surface area contributed by atoms with E-state index in [1.807, 2.05) is 0 Å². The third kappa shape index (κ3) is 6.92. The molecule has 0 unspecified atom stereocenters. The minimum atomic E-state index is -5.41. The van der Waals surface area contributed by atoms with Crippen LogP contribution in [-0.2, 0) is 0 Å². The fourth-order valence-electron chi connectivity index (χ4n) is 2.34. The third-order valence-corrected chi connectivity index (χ3v) is 8.58. The maximum atomic E-state index is 6.73. The van der Waals surface area contributed by atoms with Crippen molar-refractivity contribution in [2.45, 2.75) is 0 Å². The van der Waals surface area contributed by atoms with E-state index in [0.29, 0.717) is 0 Å². The van der Waals surface area contributed by atoms with E-state index in [1.54, 1.807) is 0 Å². The Kier molecular flexibility index (Phi) is 9.06. The van der Waals surface area contributed by atoms with Crippen molar-refractivity contribution in [2.24, 2.45) is 0 Å². The molecular formula is C18H6Cl11O3P. The standard InChI is InChI=1S/C18H6Cl11O3P/c19-7-1-10(22)16(11(23)2-7)30-33(28,29,31-17-12(24)3-8(20)4-13(17)25)32-18-14(26)5-9(21)6-15(18)27/h1-6H. The molecule has 0 aliphatic rings. The van der Waals surface area contributed by atoms with Gasteiger partial charge in [-0.15, -0.1) is 0 Å². The Morgan fingerprint density at radius 1 is 0.394 bits per heavy atom. The molecule has 0 saturated carbocycles. The third-order valence-electron chi connectivity index (χ3n) is 3.59. The molecule has 0 aliphatic heterocycles. The Labute approximate surface area is 243 Å². The Morgan fingerprint density at radius 3 is 0.758 bits per heavy atom. The summed E-state index contributed by atoms with van der Waals surface area (Å²) in [4.78, 5) is 0. The van der Waals surface area contributed by atoms with Crippen LogP contribution in [0.1, 0.15) is 0 Å². The van der Waals surface area contributed by atoms with Crippen molar-refractivity contribution in [2.75, 3.05) is 0 Å². The fraction of sp³-hybridized carbons (Fsp3) is 0. The number of hydrogen-bond donors (Lipinski definition) is 0. The summed E-state index contributed by atoms with van der Waals surface area (Å²) in [6, 6.07) is 8.00. The Hall–Kier alpha value is 0.680. The molecule has 33 heavy (non-hydrogen) atoms. The Bertz CT molecular complexity index is 1030. The molecule has 178 valence electrons. The van der Waals surface area contributed by atoms with E-state index in [0.717, 1.165) is 0 Å². The first-order valence-electron chi connectivity index (χ1n) is 8.16. The predicted octanol–water partition coefficient (Wildman–Crippen LogP) is 12.7. The van der Waals surface area contributed by atoms with Crippen LogP contribution >= 0.6 is 133 Å². The van der Waals surface area contributed by atoms with Crippen molar-refractivity contribution < 1.29 is 13.6 Å². The van der Waals surface area contributed by atoms with Crippen LogP contribution in [0.3, 0.4) is 0 Å². The molecule has 0 amide bonds. The van der Waals surface area contributed by atoms with E-state index in [1.165, 1.54) is 36.4 Å². The maximum absolute atomic E-state index is 6.73. The van der Waals surface area contributed by atoms with Gasteiger partial charge >= 0.3 is 245 Å². The van der Waals surface area contributed by atoms with Crippen LogP contribution in [0, 0.1) is 0 Å². The van der Waals surface area contributed by atoms with Crippen LogP contribution < -0.4 is 13.6 Å². The van der Waals surface area contributed by atoms with Gasteiger partial charge in [-0.1, -0.05) is 0 Å². The molecule has 0 atom stereocenters. The summed E-state index contributed by atoms with van der Waals surface area (Å²) in [6.45, 7) is 0. The van der Waals surface area contributed by atoms with Crippen molar-refractivity contribution in [3.8, 4) is 17.2 Å². The number of halogens is 11. The molecule has 3 aromatic rings. The van der Waals surface area contributed by atoms with Crippen molar-refractivity contribution in [3.05, 3.63) is 81.6 Å². The molecule has 15 heteroatoms. The fourth-order valence-corrected chi connectivity index (χ4v) is 8.15. The van der Waals surface area contributed by atoms with E-state index < -0.39 is 5.99 Å². The molecule has 3 nitrogen and oxygen atoms in total. The molecule has 3 rings (SSSR count). The molecule has 0 spiro atoms. The van der Waals surface area contributed by atoms with Gasteiger partial charge in [0.2, 0.25) is 0 Å². The SMILES string of the molecule is Clc1cc(Cl)c(OP(Cl)(Cl)(Oc2c(Cl)cc(Cl)cc2Cl)Oc2c(Cl)cc(Cl)cc2Cl)c(Cl)c1. The van der Waals surface area contributed by atoms with Crippen LogP contribution in [0.15, 0.2) is 36.4 Å². The Balaban J connectivity index is 2.20. The molecular weight excluding hydrogens is 685 g/mol. The first-order chi connectivity index (χ1) is 15.2. The van der Waals surface area contributed by atoms with Crippen LogP contribution in [0.4, 0.5) is 0 Å². The Morgan fingerprint density at radius 2 is 0.576 bits per heavy atom. The average molecular weight is 691 g/mol. The van der Waals surface area contributed by atoms with Crippen LogP contribution in [0.5, 0.6) is 17.2 Å². The number of hydrogen-bond acceptors (Lipinski definition) is 3. The molecule has 0 saturated heterocycles. The molecule has 0 bridgehead atoms. The molecule has 3 aromatic carbocycles.